The molecular weight excluding hydrogens is 610 g/mol. The Kier molecular flexibility index (Phi) is 9.51. The van der Waals surface area contributed by atoms with Crippen LogP contribution in [0.5, 0.6) is 0 Å². The zero-order valence-corrected chi connectivity index (χ0v) is 25.5. The Hall–Kier alpha value is -4.33. The summed E-state index contributed by atoms with van der Waals surface area (Å²) in [7, 11) is -2.26. The van der Waals surface area contributed by atoms with Crippen molar-refractivity contribution in [3.8, 4) is 11.3 Å². The number of hydrogen-bond donors (Lipinski definition) is 2. The van der Waals surface area contributed by atoms with Gasteiger partial charge in [0, 0.05) is 24.1 Å². The smallest absolute Gasteiger partial charge is 0.338 e. The van der Waals surface area contributed by atoms with Crippen molar-refractivity contribution in [2.24, 2.45) is 0 Å². The highest BCUT2D eigenvalue weighted by atomic mass is 32.2. The molecule has 0 bridgehead atoms. The topological polar surface area (TPSA) is 135 Å². The zero-order chi connectivity index (χ0) is 32.3. The molecular formula is C32H32F2N2O8S. The maximum atomic E-state index is 13.6. The van der Waals surface area contributed by atoms with Crippen molar-refractivity contribution in [2.45, 2.75) is 25.4 Å². The molecule has 0 radical (unpaired) electrons. The molecule has 1 aliphatic rings. The molecule has 0 saturated heterocycles. The second kappa shape index (κ2) is 13.3. The van der Waals surface area contributed by atoms with E-state index in [-0.39, 0.29) is 56.1 Å². The van der Waals surface area contributed by atoms with Gasteiger partial charge < -0.3 is 24.3 Å². The minimum Gasteiger partial charge on any atom is -0.478 e. The van der Waals surface area contributed by atoms with Crippen LogP contribution in [0.2, 0.25) is 0 Å². The number of halogens is 2. The highest BCUT2D eigenvalue weighted by Gasteiger charge is 2.33. The van der Waals surface area contributed by atoms with Crippen LogP contribution in [-0.2, 0) is 26.1 Å². The standard InChI is InChI=1S/C32H32F2N2O8S/c1-35-31(37)29-25-16-23(20-4-5-20)27(17-28(25)44-30(29)21-6-8-22(33)9-7-21)36(45(2,40)41)11-12-42-13-14-43-18-19-3-10-26(34)24(15-19)32(38)39/h3,6-10,15-17,20H,4-5,11-14,18H2,1-2H3,(H,35,37)(H,38,39). The van der Waals surface area contributed by atoms with Crippen molar-refractivity contribution in [1.82, 2.24) is 5.32 Å². The lowest BCUT2D eigenvalue weighted by molar-refractivity contribution is 0.0434. The minimum absolute atomic E-state index is 0.00216. The predicted octanol–water partition coefficient (Wildman–Crippen LogP) is 5.31. The van der Waals surface area contributed by atoms with Gasteiger partial charge in [0.1, 0.15) is 23.0 Å². The van der Waals surface area contributed by atoms with Gasteiger partial charge in [0.2, 0.25) is 10.0 Å². The number of carbonyl (C=O) groups excluding carboxylic acids is 1. The Balaban J connectivity index is 1.33. The Morgan fingerprint density at radius 2 is 1.73 bits per heavy atom. The summed E-state index contributed by atoms with van der Waals surface area (Å²) in [6.45, 7) is 0.358. The van der Waals surface area contributed by atoms with E-state index in [2.05, 4.69) is 5.32 Å². The Morgan fingerprint density at radius 3 is 2.38 bits per heavy atom. The maximum Gasteiger partial charge on any atom is 0.338 e. The fourth-order valence-corrected chi connectivity index (χ4v) is 6.01. The second-order valence-corrected chi connectivity index (χ2v) is 12.6. The van der Waals surface area contributed by atoms with E-state index in [0.717, 1.165) is 30.7 Å². The number of carbonyl (C=O) groups is 2. The average Bonchev–Trinajstić information content (AvgIpc) is 3.78. The van der Waals surface area contributed by atoms with Gasteiger partial charge in [-0.15, -0.1) is 0 Å². The number of aromatic carboxylic acids is 1. The highest BCUT2D eigenvalue weighted by molar-refractivity contribution is 7.92. The van der Waals surface area contributed by atoms with E-state index < -0.39 is 33.2 Å². The SMILES string of the molecule is CNC(=O)c1c(-c2ccc(F)cc2)oc2cc(N(CCOCCOCc3ccc(F)c(C(=O)O)c3)S(C)(=O)=O)c(C3CC3)cc12. The second-order valence-electron chi connectivity index (χ2n) is 10.7. The number of ether oxygens (including phenoxy) is 2. The van der Waals surface area contributed by atoms with Gasteiger partial charge in [-0.3, -0.25) is 9.10 Å². The van der Waals surface area contributed by atoms with Crippen LogP contribution in [0.3, 0.4) is 0 Å². The van der Waals surface area contributed by atoms with Gasteiger partial charge in [0.25, 0.3) is 5.91 Å². The van der Waals surface area contributed by atoms with Gasteiger partial charge in [0.05, 0.1) is 56.0 Å². The molecule has 10 nitrogen and oxygen atoms in total. The summed E-state index contributed by atoms with van der Waals surface area (Å²) in [6, 6.07) is 12.7. The van der Waals surface area contributed by atoms with Gasteiger partial charge in [-0.25, -0.2) is 22.0 Å². The molecule has 4 aromatic rings. The molecule has 3 aromatic carbocycles. The number of carboxylic acid groups (broad SMARTS) is 1. The molecule has 1 amide bonds. The van der Waals surface area contributed by atoms with Crippen LogP contribution in [0.4, 0.5) is 14.5 Å². The van der Waals surface area contributed by atoms with Crippen molar-refractivity contribution < 1.29 is 45.8 Å². The van der Waals surface area contributed by atoms with Crippen molar-refractivity contribution in [1.29, 1.82) is 0 Å². The van der Waals surface area contributed by atoms with E-state index in [1.54, 1.807) is 6.07 Å². The summed E-state index contributed by atoms with van der Waals surface area (Å²) in [4.78, 5) is 24.1. The summed E-state index contributed by atoms with van der Waals surface area (Å²) in [5.41, 5.74) is 2.33. The van der Waals surface area contributed by atoms with Gasteiger partial charge in [-0.2, -0.15) is 0 Å². The Labute approximate surface area is 258 Å². The number of nitrogens with one attached hydrogen (secondary N) is 1. The fourth-order valence-electron chi connectivity index (χ4n) is 5.09. The number of amides is 1. The van der Waals surface area contributed by atoms with Gasteiger partial charge in [0.15, 0.2) is 0 Å². The van der Waals surface area contributed by atoms with Crippen LogP contribution in [0.1, 0.15) is 50.6 Å². The van der Waals surface area contributed by atoms with Crippen LogP contribution >= 0.6 is 0 Å². The summed E-state index contributed by atoms with van der Waals surface area (Å²) in [5, 5.41) is 12.2. The number of fused-ring (bicyclic) bond motifs is 1. The molecule has 1 saturated carbocycles. The number of hydrogen-bond acceptors (Lipinski definition) is 7. The highest BCUT2D eigenvalue weighted by Crippen LogP contribution is 2.48. The number of carboxylic acids is 1. The van der Waals surface area contributed by atoms with Crippen LogP contribution < -0.4 is 9.62 Å². The maximum absolute atomic E-state index is 13.6. The van der Waals surface area contributed by atoms with E-state index in [9.17, 15) is 26.8 Å². The van der Waals surface area contributed by atoms with Crippen LogP contribution in [-0.4, -0.2) is 65.1 Å². The van der Waals surface area contributed by atoms with E-state index in [1.165, 1.54) is 47.8 Å². The van der Waals surface area contributed by atoms with Crippen molar-refractivity contribution >= 4 is 38.6 Å². The van der Waals surface area contributed by atoms with E-state index >= 15 is 0 Å². The Morgan fingerprint density at radius 1 is 1.02 bits per heavy atom. The van der Waals surface area contributed by atoms with Gasteiger partial charge in [-0.1, -0.05) is 6.07 Å². The summed E-state index contributed by atoms with van der Waals surface area (Å²) >= 11 is 0. The lowest BCUT2D eigenvalue weighted by Gasteiger charge is -2.25. The molecule has 0 unspecified atom stereocenters. The first-order chi connectivity index (χ1) is 21.5. The molecule has 0 atom stereocenters. The summed E-state index contributed by atoms with van der Waals surface area (Å²) in [6.07, 6.45) is 2.83. The molecule has 2 N–H and O–H groups in total. The molecule has 1 fully saturated rings. The van der Waals surface area contributed by atoms with Crippen molar-refractivity contribution in [3.05, 3.63) is 88.5 Å². The molecule has 0 aliphatic heterocycles. The van der Waals surface area contributed by atoms with E-state index in [1.807, 2.05) is 6.07 Å². The van der Waals surface area contributed by atoms with Gasteiger partial charge in [-0.05, 0) is 72.4 Å². The van der Waals surface area contributed by atoms with E-state index in [0.29, 0.717) is 27.8 Å². The van der Waals surface area contributed by atoms with Crippen LogP contribution in [0.25, 0.3) is 22.3 Å². The van der Waals surface area contributed by atoms with Gasteiger partial charge >= 0.3 is 5.97 Å². The van der Waals surface area contributed by atoms with Crippen molar-refractivity contribution in [3.63, 3.8) is 0 Å². The number of rotatable bonds is 14. The van der Waals surface area contributed by atoms with Crippen molar-refractivity contribution in [2.75, 3.05) is 44.0 Å². The fraction of sp³-hybridized carbons (Fsp3) is 0.312. The first kappa shape index (κ1) is 32.1. The number of furan rings is 1. The molecule has 0 spiro atoms. The third-order valence-electron chi connectivity index (χ3n) is 7.42. The number of anilines is 1. The lowest BCUT2D eigenvalue weighted by atomic mass is 10.0. The molecule has 1 heterocycles. The third-order valence-corrected chi connectivity index (χ3v) is 8.60. The van der Waals surface area contributed by atoms with Crippen LogP contribution in [0.15, 0.2) is 59.0 Å². The quantitative estimate of drug-likeness (QED) is 0.177. The number of nitrogens with zero attached hydrogens (tertiary/aromatic N) is 1. The third kappa shape index (κ3) is 7.32. The molecule has 13 heteroatoms. The monoisotopic (exact) mass is 642 g/mol. The molecule has 1 aromatic heterocycles. The lowest BCUT2D eigenvalue weighted by Crippen LogP contribution is -2.34. The van der Waals surface area contributed by atoms with Crippen LogP contribution in [0, 0.1) is 11.6 Å². The molecule has 5 rings (SSSR count). The Bertz CT molecular complexity index is 1840. The molecule has 45 heavy (non-hydrogen) atoms. The minimum atomic E-state index is -3.76. The molecule has 1 aliphatic carbocycles. The summed E-state index contributed by atoms with van der Waals surface area (Å²) < 4.78 is 71.8. The predicted molar refractivity (Wildman–Crippen MR) is 163 cm³/mol. The summed E-state index contributed by atoms with van der Waals surface area (Å²) in [5.74, 6) is -2.67. The van der Waals surface area contributed by atoms with E-state index in [4.69, 9.17) is 19.0 Å². The largest absolute Gasteiger partial charge is 0.478 e. The first-order valence-corrected chi connectivity index (χ1v) is 16.1. The number of benzene rings is 3. The zero-order valence-electron chi connectivity index (χ0n) is 24.6. The normalized spacial score (nSPS) is 13.2. The number of sulfonamides is 1. The molecule has 238 valence electrons. The average molecular weight is 643 g/mol. The first-order valence-electron chi connectivity index (χ1n) is 14.2.